The lowest BCUT2D eigenvalue weighted by molar-refractivity contribution is 0.0944. The van der Waals surface area contributed by atoms with Gasteiger partial charge in [-0.1, -0.05) is 36.9 Å². The van der Waals surface area contributed by atoms with Crippen LogP contribution in [0.5, 0.6) is 0 Å². The first-order valence-electron chi connectivity index (χ1n) is 6.50. The summed E-state index contributed by atoms with van der Waals surface area (Å²) in [6.45, 7) is 0.741. The van der Waals surface area contributed by atoms with Crippen molar-refractivity contribution in [2.75, 3.05) is 12.3 Å². The second-order valence-corrected chi connectivity index (χ2v) is 5.32. The highest BCUT2D eigenvalue weighted by Crippen LogP contribution is 2.24. The second kappa shape index (κ2) is 6.10. The number of carbonyl (C=O) groups is 1. The predicted octanol–water partition coefficient (Wildman–Crippen LogP) is 3.23. The van der Waals surface area contributed by atoms with Gasteiger partial charge in [-0.15, -0.1) is 0 Å². The van der Waals surface area contributed by atoms with Gasteiger partial charge in [0.2, 0.25) is 0 Å². The number of anilines is 1. The van der Waals surface area contributed by atoms with Gasteiger partial charge in [0, 0.05) is 6.54 Å². The lowest BCUT2D eigenvalue weighted by Crippen LogP contribution is -2.30. The van der Waals surface area contributed by atoms with Crippen molar-refractivity contribution in [2.45, 2.75) is 32.1 Å². The van der Waals surface area contributed by atoms with E-state index in [0.717, 1.165) is 6.54 Å². The first kappa shape index (κ1) is 13.2. The lowest BCUT2D eigenvalue weighted by Gasteiger charge is -2.21. The topological polar surface area (TPSA) is 55.1 Å². The Morgan fingerprint density at radius 2 is 2.06 bits per heavy atom. The maximum Gasteiger partial charge on any atom is 0.253 e. The van der Waals surface area contributed by atoms with Gasteiger partial charge < -0.3 is 11.1 Å². The van der Waals surface area contributed by atoms with Crippen molar-refractivity contribution in [3.05, 3.63) is 28.8 Å². The molecule has 0 bridgehead atoms. The first-order chi connectivity index (χ1) is 8.68. The molecule has 98 valence electrons. The number of amides is 1. The van der Waals surface area contributed by atoms with Crippen LogP contribution in [0.3, 0.4) is 0 Å². The van der Waals surface area contributed by atoms with Gasteiger partial charge in [0.1, 0.15) is 0 Å². The van der Waals surface area contributed by atoms with Gasteiger partial charge in [-0.2, -0.15) is 0 Å². The SMILES string of the molecule is Nc1c(Cl)cccc1C(=O)NCC1CCCCC1. The van der Waals surface area contributed by atoms with Crippen LogP contribution < -0.4 is 11.1 Å². The highest BCUT2D eigenvalue weighted by atomic mass is 35.5. The highest BCUT2D eigenvalue weighted by molar-refractivity contribution is 6.33. The van der Waals surface area contributed by atoms with Crippen LogP contribution in [0.1, 0.15) is 42.5 Å². The molecule has 1 aliphatic rings. The zero-order valence-electron chi connectivity index (χ0n) is 10.4. The van der Waals surface area contributed by atoms with E-state index < -0.39 is 0 Å². The van der Waals surface area contributed by atoms with E-state index in [0.29, 0.717) is 22.2 Å². The molecule has 0 aliphatic heterocycles. The predicted molar refractivity (Wildman–Crippen MR) is 74.8 cm³/mol. The standard InChI is InChI=1S/C14H19ClN2O/c15-12-8-4-7-11(13(12)16)14(18)17-9-10-5-2-1-3-6-10/h4,7-8,10H,1-3,5-6,9,16H2,(H,17,18). The molecular formula is C14H19ClN2O. The molecule has 1 aliphatic carbocycles. The van der Waals surface area contributed by atoms with E-state index in [1.165, 1.54) is 32.1 Å². The van der Waals surface area contributed by atoms with E-state index in [2.05, 4.69) is 5.32 Å². The summed E-state index contributed by atoms with van der Waals surface area (Å²) in [5.74, 6) is 0.490. The number of benzene rings is 1. The number of nitrogens with one attached hydrogen (secondary N) is 1. The van der Waals surface area contributed by atoms with Crippen molar-refractivity contribution < 1.29 is 4.79 Å². The molecule has 1 aromatic rings. The van der Waals surface area contributed by atoms with Gasteiger partial charge in [-0.25, -0.2) is 0 Å². The Bertz CT molecular complexity index is 428. The van der Waals surface area contributed by atoms with E-state index in [9.17, 15) is 4.79 Å². The summed E-state index contributed by atoms with van der Waals surface area (Å²) in [6.07, 6.45) is 6.31. The molecular weight excluding hydrogens is 248 g/mol. The fourth-order valence-electron chi connectivity index (χ4n) is 2.46. The monoisotopic (exact) mass is 266 g/mol. The molecule has 1 aromatic carbocycles. The van der Waals surface area contributed by atoms with Crippen LogP contribution in [0.25, 0.3) is 0 Å². The molecule has 0 saturated heterocycles. The fourth-order valence-corrected chi connectivity index (χ4v) is 2.63. The summed E-state index contributed by atoms with van der Waals surface area (Å²) >= 11 is 5.90. The van der Waals surface area contributed by atoms with Gasteiger partial charge >= 0.3 is 0 Å². The van der Waals surface area contributed by atoms with Crippen molar-refractivity contribution in [3.63, 3.8) is 0 Å². The molecule has 4 heteroatoms. The van der Waals surface area contributed by atoms with Crippen molar-refractivity contribution in [2.24, 2.45) is 5.92 Å². The molecule has 0 unspecified atom stereocenters. The zero-order chi connectivity index (χ0) is 13.0. The van der Waals surface area contributed by atoms with Crippen LogP contribution in [0.15, 0.2) is 18.2 Å². The van der Waals surface area contributed by atoms with Crippen molar-refractivity contribution in [1.29, 1.82) is 0 Å². The number of halogens is 1. The Balaban J connectivity index is 1.93. The lowest BCUT2D eigenvalue weighted by atomic mass is 9.89. The third-order valence-electron chi connectivity index (χ3n) is 3.57. The van der Waals surface area contributed by atoms with Crippen molar-refractivity contribution in [3.8, 4) is 0 Å². The largest absolute Gasteiger partial charge is 0.397 e. The van der Waals surface area contributed by atoms with Gasteiger partial charge in [-0.3, -0.25) is 4.79 Å². The van der Waals surface area contributed by atoms with E-state index in [-0.39, 0.29) is 5.91 Å². The molecule has 1 amide bonds. The summed E-state index contributed by atoms with van der Waals surface area (Å²) in [7, 11) is 0. The molecule has 18 heavy (non-hydrogen) atoms. The van der Waals surface area contributed by atoms with E-state index >= 15 is 0 Å². The van der Waals surface area contributed by atoms with E-state index in [4.69, 9.17) is 17.3 Å². The van der Waals surface area contributed by atoms with Gasteiger partial charge in [0.05, 0.1) is 16.3 Å². The maximum atomic E-state index is 12.0. The van der Waals surface area contributed by atoms with E-state index in [1.807, 2.05) is 0 Å². The van der Waals surface area contributed by atoms with Gasteiger partial charge in [0.25, 0.3) is 5.91 Å². The molecule has 1 fully saturated rings. The molecule has 0 aromatic heterocycles. The number of nitrogen functional groups attached to an aromatic ring is 1. The number of nitrogens with two attached hydrogens (primary N) is 1. The molecule has 0 heterocycles. The quantitative estimate of drug-likeness (QED) is 0.826. The average molecular weight is 267 g/mol. The fraction of sp³-hybridized carbons (Fsp3) is 0.500. The smallest absolute Gasteiger partial charge is 0.253 e. The minimum Gasteiger partial charge on any atom is -0.397 e. The van der Waals surface area contributed by atoms with Crippen LogP contribution in [-0.4, -0.2) is 12.5 Å². The number of hydrogen-bond donors (Lipinski definition) is 2. The van der Waals surface area contributed by atoms with Crippen LogP contribution in [-0.2, 0) is 0 Å². The Morgan fingerprint density at radius 1 is 1.33 bits per heavy atom. The number of hydrogen-bond acceptors (Lipinski definition) is 2. The third-order valence-corrected chi connectivity index (χ3v) is 3.90. The van der Waals surface area contributed by atoms with Crippen molar-refractivity contribution >= 4 is 23.2 Å². The molecule has 2 rings (SSSR count). The molecule has 3 nitrogen and oxygen atoms in total. The number of rotatable bonds is 3. The van der Waals surface area contributed by atoms with Crippen LogP contribution in [0.2, 0.25) is 5.02 Å². The summed E-state index contributed by atoms with van der Waals surface area (Å²) in [5.41, 5.74) is 6.63. The maximum absolute atomic E-state index is 12.0. The van der Waals surface area contributed by atoms with E-state index in [1.54, 1.807) is 18.2 Å². The molecule has 0 atom stereocenters. The Labute approximate surface area is 113 Å². The molecule has 1 saturated carbocycles. The Kier molecular flexibility index (Phi) is 4.48. The van der Waals surface area contributed by atoms with Gasteiger partial charge in [-0.05, 0) is 30.9 Å². The summed E-state index contributed by atoms with van der Waals surface area (Å²) < 4.78 is 0. The normalized spacial score (nSPS) is 16.5. The number of carbonyl (C=O) groups excluding carboxylic acids is 1. The summed E-state index contributed by atoms with van der Waals surface area (Å²) in [4.78, 5) is 12.0. The van der Waals surface area contributed by atoms with Crippen LogP contribution in [0, 0.1) is 5.92 Å². The Hall–Kier alpha value is -1.22. The number of para-hydroxylation sites is 1. The first-order valence-corrected chi connectivity index (χ1v) is 6.88. The molecule has 0 spiro atoms. The van der Waals surface area contributed by atoms with Crippen LogP contribution in [0.4, 0.5) is 5.69 Å². The summed E-state index contributed by atoms with van der Waals surface area (Å²) in [5, 5.41) is 3.39. The minimum atomic E-state index is -0.124. The third kappa shape index (κ3) is 3.16. The zero-order valence-corrected chi connectivity index (χ0v) is 11.2. The Morgan fingerprint density at radius 3 is 2.78 bits per heavy atom. The minimum absolute atomic E-state index is 0.124. The molecule has 3 N–H and O–H groups in total. The molecule has 0 radical (unpaired) electrons. The second-order valence-electron chi connectivity index (χ2n) is 4.92. The van der Waals surface area contributed by atoms with Gasteiger partial charge in [0.15, 0.2) is 0 Å². The van der Waals surface area contributed by atoms with Crippen molar-refractivity contribution in [1.82, 2.24) is 5.32 Å². The highest BCUT2D eigenvalue weighted by Gasteiger charge is 2.16. The summed E-state index contributed by atoms with van der Waals surface area (Å²) in [6, 6.07) is 5.14. The average Bonchev–Trinajstić information content (AvgIpc) is 2.40. The van der Waals surface area contributed by atoms with Crippen LogP contribution >= 0.6 is 11.6 Å².